The number of H-pyrrole nitrogens is 2. The van der Waals surface area contributed by atoms with Crippen LogP contribution in [0.4, 0.5) is 0 Å². The molecule has 0 spiro atoms. The van der Waals surface area contributed by atoms with Gasteiger partial charge in [-0.1, -0.05) is 84.9 Å². The Labute approximate surface area is 327 Å². The van der Waals surface area contributed by atoms with E-state index >= 15 is 0 Å². The second-order valence-electron chi connectivity index (χ2n) is 15.2. The van der Waals surface area contributed by atoms with Gasteiger partial charge in [0, 0.05) is 18.7 Å². The Hall–Kier alpha value is -5.98. The maximum atomic E-state index is 13.9. The van der Waals surface area contributed by atoms with Gasteiger partial charge in [0.05, 0.1) is 54.0 Å². The van der Waals surface area contributed by atoms with E-state index in [1.807, 2.05) is 139 Å². The van der Waals surface area contributed by atoms with E-state index in [9.17, 15) is 9.59 Å². The lowest BCUT2D eigenvalue weighted by atomic mass is 10.0. The molecular formula is C44H48N10O2. The van der Waals surface area contributed by atoms with Crippen molar-refractivity contribution in [3.8, 4) is 33.9 Å². The summed E-state index contributed by atoms with van der Waals surface area (Å²) >= 11 is 0. The number of carbonyl (C=O) groups is 2. The van der Waals surface area contributed by atoms with Crippen molar-refractivity contribution in [1.82, 2.24) is 49.5 Å². The first-order valence-electron chi connectivity index (χ1n) is 19.3. The first kappa shape index (κ1) is 37.0. The third-order valence-corrected chi connectivity index (χ3v) is 11.0. The van der Waals surface area contributed by atoms with E-state index < -0.39 is 0 Å². The van der Waals surface area contributed by atoms with Crippen molar-refractivity contribution in [1.29, 1.82) is 0 Å². The molecule has 12 heteroatoms. The van der Waals surface area contributed by atoms with Crippen LogP contribution in [0.3, 0.4) is 0 Å². The number of amides is 2. The molecule has 3 aromatic carbocycles. The van der Waals surface area contributed by atoms with Gasteiger partial charge >= 0.3 is 0 Å². The van der Waals surface area contributed by atoms with Crippen LogP contribution in [-0.2, 0) is 9.59 Å². The maximum Gasteiger partial charge on any atom is 0.245 e. The number of benzene rings is 3. The molecule has 2 amide bonds. The topological polar surface area (TPSA) is 130 Å². The van der Waals surface area contributed by atoms with E-state index in [1.165, 1.54) is 0 Å². The molecule has 8 rings (SSSR count). The van der Waals surface area contributed by atoms with Gasteiger partial charge in [-0.3, -0.25) is 29.4 Å². The molecule has 4 atom stereocenters. The molecule has 0 saturated carbocycles. The molecule has 2 saturated heterocycles. The Morgan fingerprint density at radius 1 is 0.571 bits per heavy atom. The molecule has 1 unspecified atom stereocenters. The van der Waals surface area contributed by atoms with Crippen molar-refractivity contribution in [3.05, 3.63) is 132 Å². The van der Waals surface area contributed by atoms with E-state index in [2.05, 4.69) is 9.97 Å². The number of likely N-dealkylation sites (tertiary alicyclic amines) is 2. The van der Waals surface area contributed by atoms with E-state index in [1.54, 1.807) is 18.6 Å². The zero-order chi connectivity index (χ0) is 38.8. The molecule has 5 heterocycles. The number of nitrogens with one attached hydrogen (secondary N) is 2. The zero-order valence-corrected chi connectivity index (χ0v) is 32.3. The smallest absolute Gasteiger partial charge is 0.245 e. The van der Waals surface area contributed by atoms with Crippen LogP contribution in [0.2, 0.25) is 0 Å². The molecule has 2 aliphatic heterocycles. The van der Waals surface area contributed by atoms with E-state index in [4.69, 9.17) is 19.9 Å². The van der Waals surface area contributed by atoms with Gasteiger partial charge in [0.25, 0.3) is 0 Å². The number of hydrogen-bond donors (Lipinski definition) is 2. The van der Waals surface area contributed by atoms with Crippen LogP contribution in [0.5, 0.6) is 0 Å². The summed E-state index contributed by atoms with van der Waals surface area (Å²) in [4.78, 5) is 61.6. The van der Waals surface area contributed by atoms with E-state index in [0.29, 0.717) is 18.8 Å². The predicted molar refractivity (Wildman–Crippen MR) is 216 cm³/mol. The summed E-state index contributed by atoms with van der Waals surface area (Å²) in [6.45, 7) is 1.40. The van der Waals surface area contributed by atoms with Gasteiger partial charge in [-0.2, -0.15) is 0 Å². The third-order valence-electron chi connectivity index (χ3n) is 11.0. The summed E-state index contributed by atoms with van der Waals surface area (Å²) in [7, 11) is 7.79. The van der Waals surface area contributed by atoms with Crippen molar-refractivity contribution >= 4 is 11.8 Å². The van der Waals surface area contributed by atoms with E-state index in [0.717, 1.165) is 76.7 Å². The highest BCUT2D eigenvalue weighted by atomic mass is 16.2. The maximum absolute atomic E-state index is 13.9. The number of imidazole rings is 2. The van der Waals surface area contributed by atoms with Gasteiger partial charge in [-0.25, -0.2) is 9.97 Å². The molecule has 0 bridgehead atoms. The molecular weight excluding hydrogens is 701 g/mol. The van der Waals surface area contributed by atoms with Crippen LogP contribution in [0.1, 0.15) is 72.6 Å². The fraction of sp³-hybridized carbons (Fsp3) is 0.318. The molecule has 2 aliphatic rings. The largest absolute Gasteiger partial charge is 0.340 e. The lowest BCUT2D eigenvalue weighted by Crippen LogP contribution is -2.40. The highest BCUT2D eigenvalue weighted by molar-refractivity contribution is 5.84. The Morgan fingerprint density at radius 2 is 1.02 bits per heavy atom. The van der Waals surface area contributed by atoms with Crippen molar-refractivity contribution in [2.75, 3.05) is 41.3 Å². The van der Waals surface area contributed by atoms with Gasteiger partial charge in [-0.05, 0) is 70.6 Å². The minimum atomic E-state index is -0.364. The minimum absolute atomic E-state index is 0.0783. The van der Waals surface area contributed by atoms with Crippen LogP contribution < -0.4 is 0 Å². The van der Waals surface area contributed by atoms with Crippen LogP contribution in [-0.4, -0.2) is 103 Å². The number of aromatic nitrogens is 6. The molecule has 6 aromatic rings. The van der Waals surface area contributed by atoms with Crippen molar-refractivity contribution in [2.45, 2.75) is 49.9 Å². The van der Waals surface area contributed by atoms with Crippen LogP contribution in [0.25, 0.3) is 33.9 Å². The third kappa shape index (κ3) is 7.37. The van der Waals surface area contributed by atoms with Crippen molar-refractivity contribution in [3.63, 3.8) is 0 Å². The molecule has 2 N–H and O–H groups in total. The van der Waals surface area contributed by atoms with Crippen LogP contribution in [0.15, 0.2) is 110 Å². The quantitative estimate of drug-likeness (QED) is 0.147. The molecule has 3 aromatic heterocycles. The Balaban J connectivity index is 0.930. The zero-order valence-electron chi connectivity index (χ0n) is 32.3. The first-order chi connectivity index (χ1) is 27.3. The molecule has 286 valence electrons. The summed E-state index contributed by atoms with van der Waals surface area (Å²) in [6, 6.07) is 27.1. The van der Waals surface area contributed by atoms with Gasteiger partial charge in [-0.15, -0.1) is 0 Å². The number of rotatable bonds is 11. The molecule has 12 nitrogen and oxygen atoms in total. The summed E-state index contributed by atoms with van der Waals surface area (Å²) in [6.07, 6.45) is 10.7. The number of nitrogens with zero attached hydrogens (tertiary/aromatic N) is 8. The lowest BCUT2D eigenvalue weighted by molar-refractivity contribution is -0.138. The second-order valence-corrected chi connectivity index (χ2v) is 15.2. The summed E-state index contributed by atoms with van der Waals surface area (Å²) in [5, 5.41) is 0. The number of likely N-dealkylation sites (N-methyl/N-ethyl adjacent to an activating group) is 2. The Morgan fingerprint density at radius 3 is 1.50 bits per heavy atom. The Kier molecular flexibility index (Phi) is 10.6. The van der Waals surface area contributed by atoms with Gasteiger partial charge in [0.15, 0.2) is 0 Å². The second kappa shape index (κ2) is 16.0. The fourth-order valence-electron chi connectivity index (χ4n) is 8.26. The van der Waals surface area contributed by atoms with Gasteiger partial charge in [0.1, 0.15) is 29.4 Å². The van der Waals surface area contributed by atoms with Gasteiger partial charge < -0.3 is 19.8 Å². The minimum Gasteiger partial charge on any atom is -0.340 e. The van der Waals surface area contributed by atoms with Crippen LogP contribution in [0, 0.1) is 0 Å². The predicted octanol–water partition coefficient (Wildman–Crippen LogP) is 6.86. The molecule has 0 aliphatic carbocycles. The SMILES string of the molecule is CN(C)[C@H](C(=O)N1CCCC1c1ncc(-c2ccc(-c3cnc(-c4cnc([C@@H]5CCCN5C(=O)[C@@H](c5ccccc5)N(C)C)[nH]4)cn3)cc2)[nH]1)c1ccccc1. The number of hydrogen-bond acceptors (Lipinski definition) is 8. The van der Waals surface area contributed by atoms with Crippen molar-refractivity contribution in [2.24, 2.45) is 0 Å². The molecule has 56 heavy (non-hydrogen) atoms. The number of aromatic amines is 2. The standard InChI is InChI=1S/C44H48N10O2/c1-51(2)39(31-13-7-5-8-14-31)43(55)53-23-11-17-37(53)41-47-26-34(49-41)30-21-19-29(20-22-30)33-25-46-35(27-45-33)36-28-48-42(50-36)38-18-12-24-54(38)44(56)40(52(3)4)32-15-9-6-10-16-32/h5-10,13-16,19-22,25-28,37-40H,11-12,17-18,23-24H2,1-4H3,(H,47,49)(H,48,50)/t37?,38-,39-,40+/m0/s1. The normalized spacial score (nSPS) is 18.2. The summed E-state index contributed by atoms with van der Waals surface area (Å²) in [5.41, 5.74) is 6.99. The Bertz CT molecular complexity index is 2090. The molecule has 0 radical (unpaired) electrons. The highest BCUT2D eigenvalue weighted by Crippen LogP contribution is 2.37. The van der Waals surface area contributed by atoms with Gasteiger partial charge in [0.2, 0.25) is 11.8 Å². The van der Waals surface area contributed by atoms with E-state index in [-0.39, 0.29) is 36.0 Å². The summed E-state index contributed by atoms with van der Waals surface area (Å²) in [5.74, 6) is 1.74. The lowest BCUT2D eigenvalue weighted by Gasteiger charge is -2.31. The first-order valence-corrected chi connectivity index (χ1v) is 19.3. The average molecular weight is 749 g/mol. The average Bonchev–Trinajstić information content (AvgIpc) is 4.06. The fourth-order valence-corrected chi connectivity index (χ4v) is 8.26. The highest BCUT2D eigenvalue weighted by Gasteiger charge is 2.38. The summed E-state index contributed by atoms with van der Waals surface area (Å²) < 4.78 is 0. The molecule has 2 fully saturated rings. The number of carbonyl (C=O) groups excluding carboxylic acids is 2. The van der Waals surface area contributed by atoms with Crippen molar-refractivity contribution < 1.29 is 9.59 Å². The monoisotopic (exact) mass is 748 g/mol. The van der Waals surface area contributed by atoms with Crippen LogP contribution >= 0.6 is 0 Å².